The van der Waals surface area contributed by atoms with Gasteiger partial charge in [-0.25, -0.2) is 8.78 Å². The van der Waals surface area contributed by atoms with E-state index < -0.39 is 11.6 Å². The minimum Gasteiger partial charge on any atom is -0.294 e. The summed E-state index contributed by atoms with van der Waals surface area (Å²) in [6, 6.07) is 8.29. The number of halogens is 3. The highest BCUT2D eigenvalue weighted by molar-refractivity contribution is 6.32. The van der Waals surface area contributed by atoms with Crippen molar-refractivity contribution in [1.82, 2.24) is 0 Å². The lowest BCUT2D eigenvalue weighted by Crippen LogP contribution is -2.12. The minimum atomic E-state index is -0.714. The van der Waals surface area contributed by atoms with Crippen molar-refractivity contribution in [3.8, 4) is 0 Å². The van der Waals surface area contributed by atoms with Gasteiger partial charge in [-0.3, -0.25) is 9.79 Å². The highest BCUT2D eigenvalue weighted by Gasteiger charge is 2.24. The third kappa shape index (κ3) is 2.47. The fourth-order valence-corrected chi connectivity index (χ4v) is 2.55. The largest absolute Gasteiger partial charge is 0.294 e. The summed E-state index contributed by atoms with van der Waals surface area (Å²) in [5, 5.41) is 0.382. The topological polar surface area (TPSA) is 29.4 Å². The SMILES string of the molecule is O=C1CCN=C(c2c(F)cccc2F)c2cc(Cl)ccc21. The van der Waals surface area contributed by atoms with Crippen molar-refractivity contribution in [1.29, 1.82) is 0 Å². The quantitative estimate of drug-likeness (QED) is 0.782. The predicted molar refractivity (Wildman–Crippen MR) is 77.3 cm³/mol. The number of carbonyl (C=O) groups excluding carboxylic acids is 1. The Hall–Kier alpha value is -2.07. The summed E-state index contributed by atoms with van der Waals surface area (Å²) in [6.07, 6.45) is 0.203. The van der Waals surface area contributed by atoms with E-state index in [4.69, 9.17) is 11.6 Å². The van der Waals surface area contributed by atoms with Crippen LogP contribution >= 0.6 is 11.6 Å². The van der Waals surface area contributed by atoms with Crippen molar-refractivity contribution < 1.29 is 13.6 Å². The van der Waals surface area contributed by atoms with Crippen molar-refractivity contribution >= 4 is 23.1 Å². The van der Waals surface area contributed by atoms with Crippen LogP contribution in [0, 0.1) is 11.6 Å². The van der Waals surface area contributed by atoms with E-state index in [1.807, 2.05) is 0 Å². The number of hydrogen-bond donors (Lipinski definition) is 0. The minimum absolute atomic E-state index is 0.114. The van der Waals surface area contributed by atoms with Gasteiger partial charge < -0.3 is 0 Å². The van der Waals surface area contributed by atoms with E-state index in [0.29, 0.717) is 16.1 Å². The van der Waals surface area contributed by atoms with Crippen molar-refractivity contribution in [2.45, 2.75) is 6.42 Å². The highest BCUT2D eigenvalue weighted by Crippen LogP contribution is 2.26. The van der Waals surface area contributed by atoms with E-state index >= 15 is 0 Å². The second-order valence-electron chi connectivity index (χ2n) is 4.69. The summed E-state index contributed by atoms with van der Waals surface area (Å²) >= 11 is 5.96. The maximum absolute atomic E-state index is 14.0. The molecule has 106 valence electrons. The first-order valence-electron chi connectivity index (χ1n) is 6.40. The zero-order valence-corrected chi connectivity index (χ0v) is 11.6. The van der Waals surface area contributed by atoms with Crippen LogP contribution in [0.25, 0.3) is 0 Å². The molecule has 0 radical (unpaired) electrons. The molecule has 0 saturated heterocycles. The Balaban J connectivity index is 2.29. The van der Waals surface area contributed by atoms with Gasteiger partial charge in [0.25, 0.3) is 0 Å². The molecule has 2 aromatic carbocycles. The Bertz CT molecular complexity index is 751. The summed E-state index contributed by atoms with van der Waals surface area (Å²) in [5.74, 6) is -1.54. The van der Waals surface area contributed by atoms with Crippen molar-refractivity contribution in [2.24, 2.45) is 4.99 Å². The summed E-state index contributed by atoms with van der Waals surface area (Å²) in [4.78, 5) is 16.3. The third-order valence-corrected chi connectivity index (χ3v) is 3.58. The number of hydrogen-bond acceptors (Lipinski definition) is 2. The first-order valence-corrected chi connectivity index (χ1v) is 6.77. The standard InChI is InChI=1S/C16H10ClF2NO/c17-9-4-5-10-11(8-9)16(20-7-6-14(10)21)15-12(18)2-1-3-13(15)19/h1-5,8H,6-7H2. The molecule has 0 aromatic heterocycles. The number of rotatable bonds is 1. The molecule has 1 aliphatic heterocycles. The van der Waals surface area contributed by atoms with Crippen LogP contribution < -0.4 is 0 Å². The zero-order chi connectivity index (χ0) is 15.0. The fraction of sp³-hybridized carbons (Fsp3) is 0.125. The van der Waals surface area contributed by atoms with Gasteiger partial charge in [0.2, 0.25) is 0 Å². The Morgan fingerprint density at radius 3 is 2.48 bits per heavy atom. The molecule has 0 N–H and O–H groups in total. The van der Waals surface area contributed by atoms with Crippen LogP contribution in [0.1, 0.15) is 27.9 Å². The second-order valence-corrected chi connectivity index (χ2v) is 5.13. The molecule has 2 nitrogen and oxygen atoms in total. The maximum atomic E-state index is 14.0. The fourth-order valence-electron chi connectivity index (χ4n) is 2.38. The van der Waals surface area contributed by atoms with Crippen molar-refractivity contribution in [3.63, 3.8) is 0 Å². The number of ketones is 1. The Morgan fingerprint density at radius 1 is 1.05 bits per heavy atom. The summed E-state index contributed by atoms with van der Waals surface area (Å²) in [7, 11) is 0. The Morgan fingerprint density at radius 2 is 1.76 bits per heavy atom. The van der Waals surface area contributed by atoms with Gasteiger partial charge in [0, 0.05) is 29.1 Å². The average molecular weight is 306 g/mol. The van der Waals surface area contributed by atoms with E-state index in [9.17, 15) is 13.6 Å². The van der Waals surface area contributed by atoms with Crippen LogP contribution in [0.2, 0.25) is 5.02 Å². The zero-order valence-electron chi connectivity index (χ0n) is 10.9. The van der Waals surface area contributed by atoms with Gasteiger partial charge in [-0.1, -0.05) is 17.7 Å². The van der Waals surface area contributed by atoms with Crippen molar-refractivity contribution in [2.75, 3.05) is 6.54 Å². The van der Waals surface area contributed by atoms with Crippen LogP contribution in [-0.2, 0) is 0 Å². The Kier molecular flexibility index (Phi) is 3.55. The highest BCUT2D eigenvalue weighted by atomic mass is 35.5. The maximum Gasteiger partial charge on any atom is 0.165 e. The monoisotopic (exact) mass is 305 g/mol. The molecule has 0 atom stereocenters. The summed E-state index contributed by atoms with van der Waals surface area (Å²) in [6.45, 7) is 0.189. The molecule has 0 saturated carbocycles. The average Bonchev–Trinajstić information content (AvgIpc) is 2.59. The molecule has 5 heteroatoms. The molecule has 1 aliphatic rings. The van der Waals surface area contributed by atoms with Gasteiger partial charge in [0.1, 0.15) is 11.6 Å². The molecule has 0 bridgehead atoms. The lowest BCUT2D eigenvalue weighted by Gasteiger charge is -2.11. The van der Waals surface area contributed by atoms with Crippen LogP contribution in [0.3, 0.4) is 0 Å². The lowest BCUT2D eigenvalue weighted by atomic mass is 9.95. The molecule has 0 amide bonds. The third-order valence-electron chi connectivity index (χ3n) is 3.35. The normalized spacial score (nSPS) is 14.4. The van der Waals surface area contributed by atoms with E-state index in [1.54, 1.807) is 12.1 Å². The van der Waals surface area contributed by atoms with Crippen LogP contribution in [0.5, 0.6) is 0 Å². The number of benzene rings is 2. The van der Waals surface area contributed by atoms with Gasteiger partial charge in [-0.2, -0.15) is 0 Å². The van der Waals surface area contributed by atoms with E-state index in [-0.39, 0.29) is 30.0 Å². The van der Waals surface area contributed by atoms with E-state index in [0.717, 1.165) is 12.1 Å². The molecule has 0 spiro atoms. The van der Waals surface area contributed by atoms with E-state index in [2.05, 4.69) is 4.99 Å². The number of aliphatic imine (C=N–C) groups is 1. The molecular weight excluding hydrogens is 296 g/mol. The summed E-state index contributed by atoms with van der Waals surface area (Å²) < 4.78 is 28.0. The molecule has 2 aromatic rings. The van der Waals surface area contributed by atoms with Crippen molar-refractivity contribution in [3.05, 3.63) is 69.7 Å². The van der Waals surface area contributed by atoms with Gasteiger partial charge in [0.05, 0.1) is 11.3 Å². The van der Waals surface area contributed by atoms with Gasteiger partial charge >= 0.3 is 0 Å². The molecule has 0 fully saturated rings. The first-order chi connectivity index (χ1) is 10.1. The van der Waals surface area contributed by atoms with Gasteiger partial charge in [-0.05, 0) is 30.3 Å². The predicted octanol–water partition coefficient (Wildman–Crippen LogP) is 4.04. The molecule has 0 unspecified atom stereocenters. The molecule has 0 aliphatic carbocycles. The smallest absolute Gasteiger partial charge is 0.165 e. The number of Topliss-reactive ketones (excluding diaryl/α,β-unsaturated/α-hetero) is 1. The van der Waals surface area contributed by atoms with Crippen LogP contribution in [0.15, 0.2) is 41.4 Å². The first kappa shape index (κ1) is 13.9. The Labute approximate surface area is 125 Å². The molecule has 21 heavy (non-hydrogen) atoms. The molecule has 1 heterocycles. The lowest BCUT2D eigenvalue weighted by molar-refractivity contribution is 0.0986. The van der Waals surface area contributed by atoms with Gasteiger partial charge in [0.15, 0.2) is 5.78 Å². The second kappa shape index (κ2) is 5.37. The number of fused-ring (bicyclic) bond motifs is 1. The van der Waals surface area contributed by atoms with Gasteiger partial charge in [-0.15, -0.1) is 0 Å². The van der Waals surface area contributed by atoms with E-state index in [1.165, 1.54) is 12.1 Å². The summed E-state index contributed by atoms with van der Waals surface area (Å²) in [5.41, 5.74) is 0.664. The number of nitrogens with zero attached hydrogens (tertiary/aromatic N) is 1. The molecular formula is C16H10ClF2NO. The molecule has 3 rings (SSSR count). The number of carbonyl (C=O) groups is 1. The van der Waals surface area contributed by atoms with Crippen LogP contribution in [0.4, 0.5) is 8.78 Å². The van der Waals surface area contributed by atoms with Crippen LogP contribution in [-0.4, -0.2) is 18.0 Å².